The molecule has 0 radical (unpaired) electrons. The first-order valence-electron chi connectivity index (χ1n) is 6.57. The minimum absolute atomic E-state index is 0.828. The molecule has 2 heterocycles. The first-order valence-corrected chi connectivity index (χ1v) is 6.57. The van der Waals surface area contributed by atoms with Crippen LogP contribution in [0.2, 0.25) is 0 Å². The molecule has 2 fully saturated rings. The summed E-state index contributed by atoms with van der Waals surface area (Å²) in [6.45, 7) is 9.92. The Morgan fingerprint density at radius 1 is 1.12 bits per heavy atom. The van der Waals surface area contributed by atoms with Crippen molar-refractivity contribution in [3.05, 3.63) is 0 Å². The first-order chi connectivity index (χ1) is 7.75. The second-order valence-corrected chi connectivity index (χ2v) is 5.35. The Hall–Kier alpha value is -0.160. The molecule has 0 aromatic rings. The monoisotopic (exact) mass is 226 g/mol. The quantitative estimate of drug-likeness (QED) is 0.699. The van der Waals surface area contributed by atoms with Crippen molar-refractivity contribution >= 4 is 0 Å². The maximum atomic E-state index is 3.37. The van der Waals surface area contributed by atoms with E-state index < -0.39 is 0 Å². The number of likely N-dealkylation sites (N-methyl/N-ethyl adjacent to an activating group) is 1. The van der Waals surface area contributed by atoms with Gasteiger partial charge in [0.05, 0.1) is 0 Å². The fraction of sp³-hybridized carbons (Fsp3) is 1.00. The summed E-state index contributed by atoms with van der Waals surface area (Å²) in [5, 5.41) is 3.37. The molecule has 2 rings (SSSR count). The van der Waals surface area contributed by atoms with Crippen LogP contribution < -0.4 is 5.32 Å². The van der Waals surface area contributed by atoms with Crippen molar-refractivity contribution in [2.45, 2.75) is 12.5 Å². The van der Waals surface area contributed by atoms with Gasteiger partial charge in [-0.2, -0.15) is 0 Å². The van der Waals surface area contributed by atoms with Crippen LogP contribution in [0.1, 0.15) is 6.42 Å². The predicted molar refractivity (Wildman–Crippen MR) is 67.8 cm³/mol. The number of hydrogen-bond donors (Lipinski definition) is 1. The van der Waals surface area contributed by atoms with Gasteiger partial charge in [-0.25, -0.2) is 0 Å². The van der Waals surface area contributed by atoms with E-state index in [1.54, 1.807) is 0 Å². The maximum Gasteiger partial charge on any atom is 0.0345 e. The molecule has 0 saturated carbocycles. The third kappa shape index (κ3) is 3.42. The number of nitrogens with one attached hydrogen (secondary N) is 1. The van der Waals surface area contributed by atoms with Gasteiger partial charge in [0.1, 0.15) is 0 Å². The topological polar surface area (TPSA) is 21.8 Å². The Balaban J connectivity index is 1.70. The van der Waals surface area contributed by atoms with Crippen molar-refractivity contribution in [3.8, 4) is 0 Å². The minimum atomic E-state index is 0.828. The molecule has 0 aromatic heterocycles. The molecule has 2 aliphatic rings. The lowest BCUT2D eigenvalue weighted by Crippen LogP contribution is -2.57. The van der Waals surface area contributed by atoms with Crippen molar-refractivity contribution in [2.75, 3.05) is 66.5 Å². The molecular weight excluding hydrogens is 200 g/mol. The Morgan fingerprint density at radius 3 is 2.56 bits per heavy atom. The van der Waals surface area contributed by atoms with Crippen molar-refractivity contribution < 1.29 is 0 Å². The van der Waals surface area contributed by atoms with Crippen molar-refractivity contribution in [2.24, 2.45) is 0 Å². The summed E-state index contributed by atoms with van der Waals surface area (Å²) >= 11 is 0. The molecule has 0 bridgehead atoms. The van der Waals surface area contributed by atoms with Crippen LogP contribution in [-0.4, -0.2) is 87.2 Å². The zero-order chi connectivity index (χ0) is 11.4. The Morgan fingerprint density at radius 2 is 1.94 bits per heavy atom. The van der Waals surface area contributed by atoms with Crippen molar-refractivity contribution in [3.63, 3.8) is 0 Å². The average molecular weight is 226 g/mol. The predicted octanol–water partition coefficient (Wildman–Crippen LogP) is -0.472. The third-order valence-electron chi connectivity index (χ3n) is 3.76. The summed E-state index contributed by atoms with van der Waals surface area (Å²) in [5.74, 6) is 0. The Bertz CT molecular complexity index is 203. The lowest BCUT2D eigenvalue weighted by Gasteiger charge is -2.37. The van der Waals surface area contributed by atoms with Crippen LogP contribution in [0, 0.1) is 0 Å². The molecule has 0 spiro atoms. The van der Waals surface area contributed by atoms with Crippen LogP contribution in [0.25, 0.3) is 0 Å². The Kier molecular flexibility index (Phi) is 4.58. The SMILES string of the molecule is CN(C)CCN1CCCN(C2CNC2)CC1. The van der Waals surface area contributed by atoms with E-state index in [0.29, 0.717) is 0 Å². The third-order valence-corrected chi connectivity index (χ3v) is 3.76. The molecule has 4 nitrogen and oxygen atoms in total. The van der Waals surface area contributed by atoms with E-state index in [4.69, 9.17) is 0 Å². The van der Waals surface area contributed by atoms with Gasteiger partial charge >= 0.3 is 0 Å². The van der Waals surface area contributed by atoms with Gasteiger partial charge in [-0.3, -0.25) is 4.90 Å². The molecule has 0 amide bonds. The number of hydrogen-bond acceptors (Lipinski definition) is 4. The summed E-state index contributed by atoms with van der Waals surface area (Å²) in [5.41, 5.74) is 0. The Labute approximate surface area is 99.6 Å². The van der Waals surface area contributed by atoms with Crippen LogP contribution in [-0.2, 0) is 0 Å². The highest BCUT2D eigenvalue weighted by molar-refractivity contribution is 4.86. The van der Waals surface area contributed by atoms with Gasteiger partial charge in [-0.1, -0.05) is 0 Å². The van der Waals surface area contributed by atoms with E-state index >= 15 is 0 Å². The molecule has 0 aliphatic carbocycles. The molecule has 0 atom stereocenters. The van der Waals surface area contributed by atoms with Gasteiger partial charge in [-0.05, 0) is 33.6 Å². The number of nitrogens with zero attached hydrogens (tertiary/aromatic N) is 3. The fourth-order valence-corrected chi connectivity index (χ4v) is 2.45. The van der Waals surface area contributed by atoms with Gasteiger partial charge in [0.2, 0.25) is 0 Å². The van der Waals surface area contributed by atoms with Crippen LogP contribution in [0.15, 0.2) is 0 Å². The highest BCUT2D eigenvalue weighted by Gasteiger charge is 2.25. The van der Waals surface area contributed by atoms with Gasteiger partial charge in [0.25, 0.3) is 0 Å². The van der Waals surface area contributed by atoms with Gasteiger partial charge in [-0.15, -0.1) is 0 Å². The largest absolute Gasteiger partial charge is 0.314 e. The molecule has 4 heteroatoms. The lowest BCUT2D eigenvalue weighted by atomic mass is 10.1. The normalized spacial score (nSPS) is 25.7. The van der Waals surface area contributed by atoms with E-state index in [-0.39, 0.29) is 0 Å². The van der Waals surface area contributed by atoms with E-state index in [2.05, 4.69) is 34.1 Å². The van der Waals surface area contributed by atoms with E-state index in [1.165, 1.54) is 58.8 Å². The molecule has 2 saturated heterocycles. The summed E-state index contributed by atoms with van der Waals surface area (Å²) in [4.78, 5) is 7.57. The zero-order valence-corrected chi connectivity index (χ0v) is 10.8. The van der Waals surface area contributed by atoms with Gasteiger partial charge in [0, 0.05) is 45.3 Å². The van der Waals surface area contributed by atoms with Crippen LogP contribution in [0.5, 0.6) is 0 Å². The van der Waals surface area contributed by atoms with E-state index in [9.17, 15) is 0 Å². The summed E-state index contributed by atoms with van der Waals surface area (Å²) in [6.07, 6.45) is 1.34. The maximum absolute atomic E-state index is 3.37. The van der Waals surface area contributed by atoms with Gasteiger partial charge in [0.15, 0.2) is 0 Å². The molecular formula is C12H26N4. The zero-order valence-electron chi connectivity index (χ0n) is 10.8. The summed E-state index contributed by atoms with van der Waals surface area (Å²) in [7, 11) is 4.31. The fourth-order valence-electron chi connectivity index (χ4n) is 2.45. The van der Waals surface area contributed by atoms with E-state index in [0.717, 1.165) is 6.04 Å². The molecule has 94 valence electrons. The summed E-state index contributed by atoms with van der Waals surface area (Å²) in [6, 6.07) is 0.828. The average Bonchev–Trinajstić information content (AvgIpc) is 2.38. The van der Waals surface area contributed by atoms with E-state index in [1.807, 2.05) is 0 Å². The van der Waals surface area contributed by atoms with Crippen LogP contribution >= 0.6 is 0 Å². The van der Waals surface area contributed by atoms with Crippen LogP contribution in [0.3, 0.4) is 0 Å². The highest BCUT2D eigenvalue weighted by atomic mass is 15.3. The smallest absolute Gasteiger partial charge is 0.0345 e. The van der Waals surface area contributed by atoms with Crippen molar-refractivity contribution in [1.29, 1.82) is 0 Å². The standard InChI is InChI=1S/C12H26N4/c1-14(2)6-7-15-4-3-5-16(9-8-15)12-10-13-11-12/h12-13H,3-11H2,1-2H3. The lowest BCUT2D eigenvalue weighted by molar-refractivity contribution is 0.148. The second-order valence-electron chi connectivity index (χ2n) is 5.35. The molecule has 0 aromatic carbocycles. The first kappa shape index (κ1) is 12.3. The minimum Gasteiger partial charge on any atom is -0.314 e. The molecule has 2 aliphatic heterocycles. The van der Waals surface area contributed by atoms with Crippen LogP contribution in [0.4, 0.5) is 0 Å². The second kappa shape index (κ2) is 5.96. The van der Waals surface area contributed by atoms with Crippen molar-refractivity contribution in [1.82, 2.24) is 20.0 Å². The molecule has 16 heavy (non-hydrogen) atoms. The molecule has 1 N–H and O–H groups in total. The number of rotatable bonds is 4. The molecule has 0 unspecified atom stereocenters. The summed E-state index contributed by atoms with van der Waals surface area (Å²) < 4.78 is 0. The highest BCUT2D eigenvalue weighted by Crippen LogP contribution is 2.09. The van der Waals surface area contributed by atoms with Gasteiger partial charge < -0.3 is 15.1 Å².